The second kappa shape index (κ2) is 7.64. The summed E-state index contributed by atoms with van der Waals surface area (Å²) in [6.45, 7) is 2.27. The summed E-state index contributed by atoms with van der Waals surface area (Å²) in [5.41, 5.74) is 0.804. The number of rotatable bonds is 6. The first-order valence-electron chi connectivity index (χ1n) is 6.79. The number of hydrogen-bond acceptors (Lipinski definition) is 3. The molecule has 1 N–H and O–H groups in total. The van der Waals surface area contributed by atoms with Crippen LogP contribution in [0.1, 0.15) is 19.0 Å². The SMILES string of the molecule is CC[C@@H](Oc1ccccc1Cl)C(=O)NCc1ccccn1. The molecule has 21 heavy (non-hydrogen) atoms. The highest BCUT2D eigenvalue weighted by molar-refractivity contribution is 6.32. The molecule has 0 bridgehead atoms. The summed E-state index contributed by atoms with van der Waals surface area (Å²) in [5.74, 6) is 0.335. The zero-order valence-electron chi connectivity index (χ0n) is 11.8. The van der Waals surface area contributed by atoms with Crippen LogP contribution in [-0.2, 0) is 11.3 Å². The molecule has 0 saturated heterocycles. The predicted molar refractivity (Wildman–Crippen MR) is 82.2 cm³/mol. The van der Waals surface area contributed by atoms with Crippen molar-refractivity contribution in [2.75, 3.05) is 0 Å². The number of amides is 1. The second-order valence-corrected chi connectivity index (χ2v) is 4.89. The lowest BCUT2D eigenvalue weighted by Crippen LogP contribution is -2.37. The molecular weight excluding hydrogens is 288 g/mol. The Labute approximate surface area is 129 Å². The monoisotopic (exact) mass is 304 g/mol. The Morgan fingerprint density at radius 2 is 2.05 bits per heavy atom. The van der Waals surface area contributed by atoms with Crippen LogP contribution in [0.15, 0.2) is 48.7 Å². The first kappa shape index (κ1) is 15.3. The molecule has 0 unspecified atom stereocenters. The molecule has 1 amide bonds. The van der Waals surface area contributed by atoms with E-state index in [9.17, 15) is 4.79 Å². The Morgan fingerprint density at radius 1 is 1.29 bits per heavy atom. The van der Waals surface area contributed by atoms with Gasteiger partial charge in [0.15, 0.2) is 6.10 Å². The summed E-state index contributed by atoms with van der Waals surface area (Å²) in [6, 6.07) is 12.7. The first-order chi connectivity index (χ1) is 10.2. The number of nitrogens with zero attached hydrogens (tertiary/aromatic N) is 1. The number of aromatic nitrogens is 1. The van der Waals surface area contributed by atoms with Gasteiger partial charge in [0.05, 0.1) is 17.3 Å². The van der Waals surface area contributed by atoms with E-state index < -0.39 is 6.10 Å². The molecule has 110 valence electrons. The van der Waals surface area contributed by atoms with Gasteiger partial charge in [-0.3, -0.25) is 9.78 Å². The molecule has 0 aliphatic carbocycles. The third kappa shape index (κ3) is 4.46. The Hall–Kier alpha value is -2.07. The van der Waals surface area contributed by atoms with Gasteiger partial charge in [0.2, 0.25) is 0 Å². The number of para-hydroxylation sites is 1. The van der Waals surface area contributed by atoms with Gasteiger partial charge < -0.3 is 10.1 Å². The van der Waals surface area contributed by atoms with Crippen LogP contribution in [0.5, 0.6) is 5.75 Å². The van der Waals surface area contributed by atoms with Crippen molar-refractivity contribution in [2.24, 2.45) is 0 Å². The zero-order valence-corrected chi connectivity index (χ0v) is 12.5. The highest BCUT2D eigenvalue weighted by atomic mass is 35.5. The second-order valence-electron chi connectivity index (χ2n) is 4.48. The van der Waals surface area contributed by atoms with Crippen LogP contribution in [0.3, 0.4) is 0 Å². The molecule has 0 aliphatic heterocycles. The number of nitrogens with one attached hydrogen (secondary N) is 1. The highest BCUT2D eigenvalue weighted by Gasteiger charge is 2.19. The van der Waals surface area contributed by atoms with Gasteiger partial charge >= 0.3 is 0 Å². The molecule has 1 aromatic carbocycles. The number of carbonyl (C=O) groups is 1. The van der Waals surface area contributed by atoms with E-state index in [0.717, 1.165) is 5.69 Å². The number of benzene rings is 1. The van der Waals surface area contributed by atoms with E-state index in [1.807, 2.05) is 37.3 Å². The minimum atomic E-state index is -0.575. The fraction of sp³-hybridized carbons (Fsp3) is 0.250. The first-order valence-corrected chi connectivity index (χ1v) is 7.17. The van der Waals surface area contributed by atoms with Crippen molar-refractivity contribution in [2.45, 2.75) is 26.0 Å². The van der Waals surface area contributed by atoms with Crippen LogP contribution in [0.25, 0.3) is 0 Å². The molecular formula is C16H17ClN2O2. The smallest absolute Gasteiger partial charge is 0.261 e. The highest BCUT2D eigenvalue weighted by Crippen LogP contribution is 2.24. The predicted octanol–water partition coefficient (Wildman–Crippen LogP) is 3.21. The van der Waals surface area contributed by atoms with E-state index in [-0.39, 0.29) is 5.91 Å². The summed E-state index contributed by atoms with van der Waals surface area (Å²) in [4.78, 5) is 16.3. The largest absolute Gasteiger partial charge is 0.479 e. The molecule has 1 aromatic heterocycles. The average molecular weight is 305 g/mol. The Morgan fingerprint density at radius 3 is 2.71 bits per heavy atom. The van der Waals surface area contributed by atoms with Crippen LogP contribution in [0.2, 0.25) is 5.02 Å². The summed E-state index contributed by atoms with van der Waals surface area (Å²) in [6.07, 6.45) is 1.67. The van der Waals surface area contributed by atoms with Crippen LogP contribution < -0.4 is 10.1 Å². The molecule has 0 saturated carbocycles. The summed E-state index contributed by atoms with van der Waals surface area (Å²) in [5, 5.41) is 3.31. The molecule has 1 heterocycles. The third-order valence-electron chi connectivity index (χ3n) is 2.94. The minimum absolute atomic E-state index is 0.178. The Balaban J connectivity index is 1.94. The van der Waals surface area contributed by atoms with E-state index in [4.69, 9.17) is 16.3 Å². The molecule has 5 heteroatoms. The van der Waals surface area contributed by atoms with Crippen molar-refractivity contribution >= 4 is 17.5 Å². The van der Waals surface area contributed by atoms with Crippen LogP contribution in [0.4, 0.5) is 0 Å². The maximum absolute atomic E-state index is 12.2. The zero-order chi connectivity index (χ0) is 15.1. The number of halogens is 1. The summed E-state index contributed by atoms with van der Waals surface area (Å²) < 4.78 is 5.68. The number of hydrogen-bond donors (Lipinski definition) is 1. The van der Waals surface area contributed by atoms with E-state index >= 15 is 0 Å². The van der Waals surface area contributed by atoms with Crippen molar-refractivity contribution in [1.29, 1.82) is 0 Å². The van der Waals surface area contributed by atoms with Gasteiger partial charge in [0.1, 0.15) is 5.75 Å². The molecule has 1 atom stereocenters. The standard InChI is InChI=1S/C16H17ClN2O2/c1-2-14(21-15-9-4-3-8-13(15)17)16(20)19-11-12-7-5-6-10-18-12/h3-10,14H,2,11H2,1H3,(H,19,20)/t14-/m1/s1. The van der Waals surface area contributed by atoms with Crippen molar-refractivity contribution in [3.63, 3.8) is 0 Å². The number of carbonyl (C=O) groups excluding carboxylic acids is 1. The lowest BCUT2D eigenvalue weighted by atomic mass is 10.2. The van der Waals surface area contributed by atoms with E-state index in [2.05, 4.69) is 10.3 Å². The lowest BCUT2D eigenvalue weighted by molar-refractivity contribution is -0.128. The summed E-state index contributed by atoms with van der Waals surface area (Å²) >= 11 is 6.04. The van der Waals surface area contributed by atoms with Crippen molar-refractivity contribution in [3.05, 3.63) is 59.4 Å². The van der Waals surface area contributed by atoms with Gasteiger partial charge in [-0.1, -0.05) is 36.7 Å². The lowest BCUT2D eigenvalue weighted by Gasteiger charge is -2.17. The molecule has 4 nitrogen and oxygen atoms in total. The van der Waals surface area contributed by atoms with Crippen molar-refractivity contribution < 1.29 is 9.53 Å². The van der Waals surface area contributed by atoms with Gasteiger partial charge in [-0.25, -0.2) is 0 Å². The van der Waals surface area contributed by atoms with Crippen molar-refractivity contribution in [3.8, 4) is 5.75 Å². The minimum Gasteiger partial charge on any atom is -0.479 e. The quantitative estimate of drug-likeness (QED) is 0.891. The molecule has 2 aromatic rings. The maximum Gasteiger partial charge on any atom is 0.261 e. The number of ether oxygens (including phenoxy) is 1. The van der Waals surface area contributed by atoms with E-state index in [1.165, 1.54) is 0 Å². The number of pyridine rings is 1. The Kier molecular flexibility index (Phi) is 5.58. The molecule has 0 fully saturated rings. The molecule has 0 spiro atoms. The van der Waals surface area contributed by atoms with Crippen molar-refractivity contribution in [1.82, 2.24) is 10.3 Å². The van der Waals surface area contributed by atoms with Gasteiger partial charge in [0, 0.05) is 6.20 Å². The van der Waals surface area contributed by atoms with E-state index in [0.29, 0.717) is 23.7 Å². The normalized spacial score (nSPS) is 11.7. The fourth-order valence-electron chi connectivity index (χ4n) is 1.81. The van der Waals surface area contributed by atoms with Gasteiger partial charge in [-0.05, 0) is 30.7 Å². The average Bonchev–Trinajstić information content (AvgIpc) is 2.53. The van der Waals surface area contributed by atoms with Crippen LogP contribution in [-0.4, -0.2) is 17.0 Å². The van der Waals surface area contributed by atoms with Crippen LogP contribution in [0, 0.1) is 0 Å². The molecule has 0 radical (unpaired) electrons. The maximum atomic E-state index is 12.2. The summed E-state index contributed by atoms with van der Waals surface area (Å²) in [7, 11) is 0. The molecule has 2 rings (SSSR count). The van der Waals surface area contributed by atoms with E-state index in [1.54, 1.807) is 18.3 Å². The van der Waals surface area contributed by atoms with Gasteiger partial charge in [-0.2, -0.15) is 0 Å². The van der Waals surface area contributed by atoms with Crippen LogP contribution >= 0.6 is 11.6 Å². The topological polar surface area (TPSA) is 51.2 Å². The van der Waals surface area contributed by atoms with Gasteiger partial charge in [-0.15, -0.1) is 0 Å². The fourth-order valence-corrected chi connectivity index (χ4v) is 1.99. The Bertz CT molecular complexity index is 590. The van der Waals surface area contributed by atoms with Gasteiger partial charge in [0.25, 0.3) is 5.91 Å². The molecule has 0 aliphatic rings. The third-order valence-corrected chi connectivity index (χ3v) is 3.25.